The molecule has 0 unspecified atom stereocenters. The molecule has 0 atom stereocenters. The van der Waals surface area contributed by atoms with E-state index < -0.39 is 4.92 Å². The molecule has 0 fully saturated rings. The first kappa shape index (κ1) is 13.5. The summed E-state index contributed by atoms with van der Waals surface area (Å²) in [6, 6.07) is 5.73. The second kappa shape index (κ2) is 5.39. The Bertz CT molecular complexity index is 660. The molecule has 1 heterocycles. The summed E-state index contributed by atoms with van der Waals surface area (Å²) in [5.41, 5.74) is 6.12. The van der Waals surface area contributed by atoms with Crippen LogP contribution in [0.5, 0.6) is 17.5 Å². The standard InChI is InChI=1S/C12H12N4O4/c1-7-5-8(16(17)18)3-4-9(7)20-11-6-10(19-2)14-12(13)15-11/h3-6H,1-2H3,(H2,13,14,15). The van der Waals surface area contributed by atoms with Crippen molar-refractivity contribution in [1.82, 2.24) is 9.97 Å². The summed E-state index contributed by atoms with van der Waals surface area (Å²) < 4.78 is 10.5. The number of nitro benzene ring substituents is 1. The third-order valence-corrected chi connectivity index (χ3v) is 2.49. The van der Waals surface area contributed by atoms with Crippen LogP contribution in [0.25, 0.3) is 0 Å². The van der Waals surface area contributed by atoms with Gasteiger partial charge in [0.15, 0.2) is 0 Å². The van der Waals surface area contributed by atoms with E-state index in [1.807, 2.05) is 0 Å². The number of nitrogens with zero attached hydrogens (tertiary/aromatic N) is 3. The molecule has 0 aliphatic heterocycles. The van der Waals surface area contributed by atoms with Crippen LogP contribution in [0.15, 0.2) is 24.3 Å². The van der Waals surface area contributed by atoms with E-state index in [-0.39, 0.29) is 23.4 Å². The average Bonchev–Trinajstić information content (AvgIpc) is 2.40. The molecule has 0 spiro atoms. The Labute approximate surface area is 114 Å². The summed E-state index contributed by atoms with van der Waals surface area (Å²) in [6.07, 6.45) is 0. The molecular weight excluding hydrogens is 264 g/mol. The first-order chi connectivity index (χ1) is 9.49. The average molecular weight is 276 g/mol. The van der Waals surface area contributed by atoms with Gasteiger partial charge in [-0.2, -0.15) is 9.97 Å². The number of ether oxygens (including phenoxy) is 2. The SMILES string of the molecule is COc1cc(Oc2ccc([N+](=O)[O-])cc2C)nc(N)n1. The monoisotopic (exact) mass is 276 g/mol. The smallest absolute Gasteiger partial charge is 0.269 e. The molecular formula is C12H12N4O4. The minimum absolute atomic E-state index is 0.00497. The van der Waals surface area contributed by atoms with Gasteiger partial charge in [0, 0.05) is 12.1 Å². The summed E-state index contributed by atoms with van der Waals surface area (Å²) in [6.45, 7) is 1.70. The van der Waals surface area contributed by atoms with E-state index in [0.717, 1.165) is 0 Å². The van der Waals surface area contributed by atoms with Crippen molar-refractivity contribution in [3.63, 3.8) is 0 Å². The number of aryl methyl sites for hydroxylation is 1. The molecule has 104 valence electrons. The van der Waals surface area contributed by atoms with Gasteiger partial charge in [-0.1, -0.05) is 0 Å². The van der Waals surface area contributed by atoms with Crippen molar-refractivity contribution in [1.29, 1.82) is 0 Å². The molecule has 20 heavy (non-hydrogen) atoms. The van der Waals surface area contributed by atoms with E-state index >= 15 is 0 Å². The van der Waals surface area contributed by atoms with Gasteiger partial charge in [-0.05, 0) is 18.6 Å². The van der Waals surface area contributed by atoms with Crippen LogP contribution in [-0.2, 0) is 0 Å². The highest BCUT2D eigenvalue weighted by atomic mass is 16.6. The van der Waals surface area contributed by atoms with Crippen molar-refractivity contribution >= 4 is 11.6 Å². The summed E-state index contributed by atoms with van der Waals surface area (Å²) >= 11 is 0. The first-order valence-electron chi connectivity index (χ1n) is 5.61. The lowest BCUT2D eigenvalue weighted by Gasteiger charge is -2.08. The van der Waals surface area contributed by atoms with Gasteiger partial charge in [0.05, 0.1) is 18.1 Å². The number of rotatable bonds is 4. The van der Waals surface area contributed by atoms with E-state index in [4.69, 9.17) is 15.2 Å². The number of nitro groups is 1. The maximum atomic E-state index is 10.7. The lowest BCUT2D eigenvalue weighted by Crippen LogP contribution is -2.00. The molecule has 0 bridgehead atoms. The van der Waals surface area contributed by atoms with Gasteiger partial charge in [0.1, 0.15) is 5.75 Å². The molecule has 8 nitrogen and oxygen atoms in total. The zero-order chi connectivity index (χ0) is 14.7. The number of anilines is 1. The third kappa shape index (κ3) is 2.91. The van der Waals surface area contributed by atoms with Crippen LogP contribution in [0, 0.1) is 17.0 Å². The molecule has 0 saturated carbocycles. The largest absolute Gasteiger partial charge is 0.481 e. The Kier molecular flexibility index (Phi) is 3.65. The molecule has 2 N–H and O–H groups in total. The highest BCUT2D eigenvalue weighted by Crippen LogP contribution is 2.28. The Hall–Kier alpha value is -2.90. The number of non-ortho nitro benzene ring substituents is 1. The van der Waals surface area contributed by atoms with Crippen LogP contribution in [0.4, 0.5) is 11.6 Å². The highest BCUT2D eigenvalue weighted by Gasteiger charge is 2.11. The Balaban J connectivity index is 2.30. The normalized spacial score (nSPS) is 10.1. The van der Waals surface area contributed by atoms with Gasteiger partial charge in [0.2, 0.25) is 17.7 Å². The van der Waals surface area contributed by atoms with Gasteiger partial charge in [-0.3, -0.25) is 10.1 Å². The van der Waals surface area contributed by atoms with Crippen LogP contribution >= 0.6 is 0 Å². The molecule has 0 amide bonds. The summed E-state index contributed by atoms with van der Waals surface area (Å²) in [5, 5.41) is 10.7. The Morgan fingerprint density at radius 3 is 2.55 bits per heavy atom. The van der Waals surface area contributed by atoms with E-state index in [1.165, 1.54) is 31.4 Å². The first-order valence-corrected chi connectivity index (χ1v) is 5.61. The molecule has 0 saturated heterocycles. The van der Waals surface area contributed by atoms with E-state index in [9.17, 15) is 10.1 Å². The molecule has 0 aliphatic carbocycles. The number of benzene rings is 1. The van der Waals surface area contributed by atoms with Crippen LogP contribution < -0.4 is 15.2 Å². The van der Waals surface area contributed by atoms with Crippen molar-refractivity contribution in [3.8, 4) is 17.5 Å². The lowest BCUT2D eigenvalue weighted by molar-refractivity contribution is -0.384. The van der Waals surface area contributed by atoms with Gasteiger partial charge >= 0.3 is 0 Å². The van der Waals surface area contributed by atoms with Crippen LogP contribution in [-0.4, -0.2) is 22.0 Å². The van der Waals surface area contributed by atoms with Gasteiger partial charge < -0.3 is 15.2 Å². The molecule has 0 aliphatic rings. The van der Waals surface area contributed by atoms with Crippen molar-refractivity contribution in [2.75, 3.05) is 12.8 Å². The van der Waals surface area contributed by atoms with Crippen molar-refractivity contribution in [2.24, 2.45) is 0 Å². The van der Waals surface area contributed by atoms with Crippen LogP contribution in [0.1, 0.15) is 5.56 Å². The van der Waals surface area contributed by atoms with Crippen molar-refractivity contribution in [2.45, 2.75) is 6.92 Å². The predicted octanol–water partition coefficient (Wildman–Crippen LogP) is 2.08. The Morgan fingerprint density at radius 2 is 1.95 bits per heavy atom. The number of aromatic nitrogens is 2. The predicted molar refractivity (Wildman–Crippen MR) is 70.9 cm³/mol. The number of methoxy groups -OCH3 is 1. The number of nitrogen functional groups attached to an aromatic ring is 1. The van der Waals surface area contributed by atoms with Crippen LogP contribution in [0.3, 0.4) is 0 Å². The third-order valence-electron chi connectivity index (χ3n) is 2.49. The fourth-order valence-corrected chi connectivity index (χ4v) is 1.55. The van der Waals surface area contributed by atoms with Gasteiger partial charge in [-0.25, -0.2) is 0 Å². The minimum Gasteiger partial charge on any atom is -0.481 e. The molecule has 2 aromatic rings. The maximum Gasteiger partial charge on any atom is 0.269 e. The van der Waals surface area contributed by atoms with Gasteiger partial charge in [-0.15, -0.1) is 0 Å². The molecule has 8 heteroatoms. The van der Waals surface area contributed by atoms with Gasteiger partial charge in [0.25, 0.3) is 5.69 Å². The molecule has 1 aromatic heterocycles. The second-order valence-electron chi connectivity index (χ2n) is 3.92. The fraction of sp³-hybridized carbons (Fsp3) is 0.167. The van der Waals surface area contributed by atoms with E-state index in [0.29, 0.717) is 11.3 Å². The van der Waals surface area contributed by atoms with E-state index in [2.05, 4.69) is 9.97 Å². The van der Waals surface area contributed by atoms with Crippen molar-refractivity contribution < 1.29 is 14.4 Å². The zero-order valence-corrected chi connectivity index (χ0v) is 10.9. The number of hydrogen-bond acceptors (Lipinski definition) is 7. The summed E-state index contributed by atoms with van der Waals surface area (Å²) in [7, 11) is 1.45. The topological polar surface area (TPSA) is 113 Å². The quantitative estimate of drug-likeness (QED) is 0.671. The Morgan fingerprint density at radius 1 is 1.25 bits per heavy atom. The maximum absolute atomic E-state index is 10.7. The second-order valence-corrected chi connectivity index (χ2v) is 3.92. The van der Waals surface area contributed by atoms with Crippen molar-refractivity contribution in [3.05, 3.63) is 39.9 Å². The highest BCUT2D eigenvalue weighted by molar-refractivity contribution is 5.44. The fourth-order valence-electron chi connectivity index (χ4n) is 1.55. The number of nitrogens with two attached hydrogens (primary N) is 1. The summed E-state index contributed by atoms with van der Waals surface area (Å²) in [4.78, 5) is 17.9. The van der Waals surface area contributed by atoms with Crippen LogP contribution in [0.2, 0.25) is 0 Å². The summed E-state index contributed by atoms with van der Waals surface area (Å²) in [5.74, 6) is 0.924. The lowest BCUT2D eigenvalue weighted by atomic mass is 10.2. The minimum atomic E-state index is -0.470. The molecule has 0 radical (unpaired) electrons. The molecule has 1 aromatic carbocycles. The zero-order valence-electron chi connectivity index (χ0n) is 10.9. The van der Waals surface area contributed by atoms with E-state index in [1.54, 1.807) is 6.92 Å². The number of hydrogen-bond donors (Lipinski definition) is 1. The molecule has 2 rings (SSSR count).